The molecule has 0 aliphatic heterocycles. The molecule has 0 spiro atoms. The molecule has 1 amide bonds. The van der Waals surface area contributed by atoms with Crippen molar-refractivity contribution in [2.45, 2.75) is 13.8 Å². The molecule has 2 rings (SSSR count). The van der Waals surface area contributed by atoms with Crippen LogP contribution in [0.3, 0.4) is 0 Å². The van der Waals surface area contributed by atoms with Crippen molar-refractivity contribution in [1.82, 2.24) is 4.98 Å². The van der Waals surface area contributed by atoms with Gasteiger partial charge < -0.3 is 4.74 Å². The third-order valence-corrected chi connectivity index (χ3v) is 3.16. The van der Waals surface area contributed by atoms with Gasteiger partial charge in [0.25, 0.3) is 0 Å². The molecule has 2 aromatic rings. The minimum atomic E-state index is -0.446. The Morgan fingerprint density at radius 1 is 1.39 bits per heavy atom. The first-order valence-corrected chi connectivity index (χ1v) is 6.49. The second kappa shape index (κ2) is 5.64. The number of hydrogen-bond donors (Lipinski definition) is 1. The van der Waals surface area contributed by atoms with Gasteiger partial charge in [-0.05, 0) is 13.8 Å². The topological polar surface area (TPSA) is 51.2 Å². The van der Waals surface area contributed by atoms with Crippen molar-refractivity contribution >= 4 is 22.4 Å². The fourth-order valence-corrected chi connectivity index (χ4v) is 2.39. The van der Waals surface area contributed by atoms with E-state index in [0.717, 1.165) is 21.3 Å². The number of aromatic nitrogens is 1. The summed E-state index contributed by atoms with van der Waals surface area (Å²) in [6, 6.07) is 9.76. The number of thiazole rings is 1. The van der Waals surface area contributed by atoms with Crippen LogP contribution in [-0.2, 0) is 4.74 Å². The third-order valence-electron chi connectivity index (χ3n) is 2.27. The molecule has 0 fully saturated rings. The Bertz CT molecular complexity index is 537. The van der Waals surface area contributed by atoms with E-state index in [1.54, 1.807) is 6.92 Å². The van der Waals surface area contributed by atoms with Crippen LogP contribution in [0.2, 0.25) is 0 Å². The van der Waals surface area contributed by atoms with E-state index in [9.17, 15) is 4.79 Å². The Balaban J connectivity index is 2.29. The molecule has 1 aromatic carbocycles. The number of rotatable bonds is 3. The third kappa shape index (κ3) is 2.87. The molecule has 1 aromatic heterocycles. The van der Waals surface area contributed by atoms with E-state index in [1.165, 1.54) is 11.3 Å². The number of anilines is 1. The molecule has 94 valence electrons. The lowest BCUT2D eigenvalue weighted by Gasteiger charge is -2.04. The number of ether oxygens (including phenoxy) is 1. The van der Waals surface area contributed by atoms with Gasteiger partial charge in [0, 0.05) is 5.56 Å². The molecule has 0 saturated heterocycles. The molecule has 0 aliphatic carbocycles. The maximum Gasteiger partial charge on any atom is 0.412 e. The summed E-state index contributed by atoms with van der Waals surface area (Å²) in [6.07, 6.45) is -0.446. The van der Waals surface area contributed by atoms with Gasteiger partial charge in [0.1, 0.15) is 10.7 Å². The summed E-state index contributed by atoms with van der Waals surface area (Å²) in [5, 5.41) is 4.35. The SMILES string of the molecule is CCOC(=O)Nc1sc(C)nc1-c1ccccc1. The molecule has 0 radical (unpaired) electrons. The number of amides is 1. The van der Waals surface area contributed by atoms with Crippen molar-refractivity contribution < 1.29 is 9.53 Å². The number of hydrogen-bond acceptors (Lipinski definition) is 4. The van der Waals surface area contributed by atoms with Crippen LogP contribution in [0.5, 0.6) is 0 Å². The van der Waals surface area contributed by atoms with Crippen LogP contribution in [0.15, 0.2) is 30.3 Å². The van der Waals surface area contributed by atoms with Gasteiger partial charge in [-0.15, -0.1) is 11.3 Å². The smallest absolute Gasteiger partial charge is 0.412 e. The lowest BCUT2D eigenvalue weighted by atomic mass is 10.2. The number of carbonyl (C=O) groups excluding carboxylic acids is 1. The van der Waals surface area contributed by atoms with Gasteiger partial charge in [-0.2, -0.15) is 0 Å². The maximum atomic E-state index is 11.5. The highest BCUT2D eigenvalue weighted by Gasteiger charge is 2.13. The minimum absolute atomic E-state index is 0.351. The van der Waals surface area contributed by atoms with E-state index in [1.807, 2.05) is 37.3 Å². The molecule has 0 aliphatic rings. The zero-order valence-electron chi connectivity index (χ0n) is 10.3. The van der Waals surface area contributed by atoms with Gasteiger partial charge in [0.05, 0.1) is 11.6 Å². The summed E-state index contributed by atoms with van der Waals surface area (Å²) in [6.45, 7) is 4.04. The Labute approximate surface area is 110 Å². The van der Waals surface area contributed by atoms with Crippen LogP contribution in [0, 0.1) is 6.92 Å². The monoisotopic (exact) mass is 262 g/mol. The first-order valence-electron chi connectivity index (χ1n) is 5.67. The van der Waals surface area contributed by atoms with Crippen LogP contribution >= 0.6 is 11.3 Å². The number of aryl methyl sites for hydroxylation is 1. The Morgan fingerprint density at radius 3 is 2.78 bits per heavy atom. The van der Waals surface area contributed by atoms with E-state index in [4.69, 9.17) is 4.74 Å². The molecule has 0 unspecified atom stereocenters. The summed E-state index contributed by atoms with van der Waals surface area (Å²) in [7, 11) is 0. The molecule has 4 nitrogen and oxygen atoms in total. The molecule has 5 heteroatoms. The van der Waals surface area contributed by atoms with Gasteiger partial charge in [-0.3, -0.25) is 5.32 Å². The summed E-state index contributed by atoms with van der Waals surface area (Å²) in [4.78, 5) is 15.9. The molecule has 1 N–H and O–H groups in total. The number of nitrogens with one attached hydrogen (secondary N) is 1. The van der Waals surface area contributed by atoms with Gasteiger partial charge in [0.2, 0.25) is 0 Å². The maximum absolute atomic E-state index is 11.5. The summed E-state index contributed by atoms with van der Waals surface area (Å²) in [5.41, 5.74) is 1.76. The van der Waals surface area contributed by atoms with Gasteiger partial charge >= 0.3 is 6.09 Å². The predicted molar refractivity (Wildman–Crippen MR) is 72.9 cm³/mol. The molecule has 0 atom stereocenters. The zero-order valence-corrected chi connectivity index (χ0v) is 11.1. The lowest BCUT2D eigenvalue weighted by Crippen LogP contribution is -2.12. The second-order valence-electron chi connectivity index (χ2n) is 3.62. The molecule has 1 heterocycles. The van der Waals surface area contributed by atoms with Crippen LogP contribution in [0.4, 0.5) is 9.80 Å². The largest absolute Gasteiger partial charge is 0.450 e. The van der Waals surface area contributed by atoms with E-state index in [-0.39, 0.29) is 0 Å². The fourth-order valence-electron chi connectivity index (χ4n) is 1.56. The lowest BCUT2D eigenvalue weighted by molar-refractivity contribution is 0.168. The van der Waals surface area contributed by atoms with Crippen molar-refractivity contribution in [1.29, 1.82) is 0 Å². The second-order valence-corrected chi connectivity index (χ2v) is 4.83. The molecule has 18 heavy (non-hydrogen) atoms. The number of benzene rings is 1. The minimum Gasteiger partial charge on any atom is -0.450 e. The fraction of sp³-hybridized carbons (Fsp3) is 0.231. The van der Waals surface area contributed by atoms with Gasteiger partial charge in [-0.1, -0.05) is 30.3 Å². The quantitative estimate of drug-likeness (QED) is 0.917. The Kier molecular flexibility index (Phi) is 3.94. The predicted octanol–water partition coefficient (Wildman–Crippen LogP) is 3.69. The highest BCUT2D eigenvalue weighted by Crippen LogP contribution is 2.32. The number of carbonyl (C=O) groups is 1. The van der Waals surface area contributed by atoms with E-state index < -0.39 is 6.09 Å². The zero-order chi connectivity index (χ0) is 13.0. The van der Waals surface area contributed by atoms with Crippen LogP contribution < -0.4 is 5.32 Å². The normalized spacial score (nSPS) is 10.1. The first-order chi connectivity index (χ1) is 8.70. The van der Waals surface area contributed by atoms with Crippen molar-refractivity contribution in [2.24, 2.45) is 0 Å². The van der Waals surface area contributed by atoms with E-state index in [2.05, 4.69) is 10.3 Å². The summed E-state index contributed by atoms with van der Waals surface area (Å²) in [5.74, 6) is 0. The Hall–Kier alpha value is -1.88. The van der Waals surface area contributed by atoms with E-state index in [0.29, 0.717) is 6.61 Å². The standard InChI is InChI=1S/C13H14N2O2S/c1-3-17-13(16)15-12-11(14-9(2)18-12)10-7-5-4-6-8-10/h4-8H,3H2,1-2H3,(H,15,16). The van der Waals surface area contributed by atoms with Crippen molar-refractivity contribution in [3.63, 3.8) is 0 Å². The molecular formula is C13H14N2O2S. The molecular weight excluding hydrogens is 248 g/mol. The molecule has 0 bridgehead atoms. The Morgan fingerprint density at radius 2 is 2.11 bits per heavy atom. The molecule has 0 saturated carbocycles. The van der Waals surface area contributed by atoms with Crippen molar-refractivity contribution in [3.8, 4) is 11.3 Å². The van der Waals surface area contributed by atoms with Gasteiger partial charge in [-0.25, -0.2) is 9.78 Å². The first kappa shape index (κ1) is 12.6. The van der Waals surface area contributed by atoms with E-state index >= 15 is 0 Å². The van der Waals surface area contributed by atoms with Crippen LogP contribution in [-0.4, -0.2) is 17.7 Å². The van der Waals surface area contributed by atoms with Crippen LogP contribution in [0.25, 0.3) is 11.3 Å². The summed E-state index contributed by atoms with van der Waals surface area (Å²) < 4.78 is 4.87. The highest BCUT2D eigenvalue weighted by atomic mass is 32.1. The average Bonchev–Trinajstić information content (AvgIpc) is 2.71. The average molecular weight is 262 g/mol. The highest BCUT2D eigenvalue weighted by molar-refractivity contribution is 7.16. The summed E-state index contributed by atoms with van der Waals surface area (Å²) >= 11 is 1.44. The number of nitrogens with zero attached hydrogens (tertiary/aromatic N) is 1. The van der Waals surface area contributed by atoms with Crippen LogP contribution in [0.1, 0.15) is 11.9 Å². The van der Waals surface area contributed by atoms with Gasteiger partial charge in [0.15, 0.2) is 0 Å². The van der Waals surface area contributed by atoms with Crippen molar-refractivity contribution in [2.75, 3.05) is 11.9 Å². The van der Waals surface area contributed by atoms with Crippen molar-refractivity contribution in [3.05, 3.63) is 35.3 Å².